The van der Waals surface area contributed by atoms with Gasteiger partial charge in [-0.15, -0.1) is 0 Å². The van der Waals surface area contributed by atoms with Crippen LogP contribution in [-0.2, 0) is 0 Å². The summed E-state index contributed by atoms with van der Waals surface area (Å²) in [5.74, 6) is 0.684. The van der Waals surface area contributed by atoms with E-state index in [-0.39, 0.29) is 12.2 Å². The van der Waals surface area contributed by atoms with Crippen LogP contribution < -0.4 is 0 Å². The fraction of sp³-hybridized carbons (Fsp3) is 1.00. The molecule has 0 aliphatic heterocycles. The van der Waals surface area contributed by atoms with Gasteiger partial charge in [0.15, 0.2) is 0 Å². The topological polar surface area (TPSA) is 40.5 Å². The van der Waals surface area contributed by atoms with E-state index in [0.29, 0.717) is 5.92 Å². The number of rotatable bonds is 8. The predicted octanol–water partition coefficient (Wildman–Crippen LogP) is 2.72. The molecule has 0 aliphatic rings. The molecule has 0 amide bonds. The van der Waals surface area contributed by atoms with Gasteiger partial charge in [0, 0.05) is 0 Å². The molecule has 0 fully saturated rings. The van der Waals surface area contributed by atoms with Gasteiger partial charge in [0.25, 0.3) is 0 Å². The summed E-state index contributed by atoms with van der Waals surface area (Å²) >= 11 is 0. The molecular weight excluding hydrogens is 176 g/mol. The maximum absolute atomic E-state index is 9.20. The molecule has 2 unspecified atom stereocenters. The Hall–Kier alpha value is -0.0800. The van der Waals surface area contributed by atoms with Gasteiger partial charge in [0.05, 0.1) is 12.2 Å². The summed E-state index contributed by atoms with van der Waals surface area (Å²) in [5.41, 5.74) is 0. The minimum atomic E-state index is -0.180. The third-order valence-corrected chi connectivity index (χ3v) is 2.68. The third kappa shape index (κ3) is 8.52. The quantitative estimate of drug-likeness (QED) is 0.635. The first-order chi connectivity index (χ1) is 6.56. The molecule has 2 atom stereocenters. The van der Waals surface area contributed by atoms with Gasteiger partial charge < -0.3 is 10.2 Å². The van der Waals surface area contributed by atoms with E-state index in [2.05, 4.69) is 6.92 Å². The molecule has 0 saturated carbocycles. The Morgan fingerprint density at radius 3 is 1.50 bits per heavy atom. The van der Waals surface area contributed by atoms with Crippen LogP contribution in [0, 0.1) is 5.92 Å². The van der Waals surface area contributed by atoms with Crippen molar-refractivity contribution in [3.63, 3.8) is 0 Å². The normalized spacial score (nSPS) is 17.8. The first-order valence-electron chi connectivity index (χ1n) is 5.92. The maximum Gasteiger partial charge on any atom is 0.0512 e. The number of aliphatic hydroxyl groups excluding tert-OH is 2. The van der Waals surface area contributed by atoms with Crippen molar-refractivity contribution in [2.24, 2.45) is 5.92 Å². The van der Waals surface area contributed by atoms with Crippen molar-refractivity contribution in [1.82, 2.24) is 0 Å². The molecule has 86 valence electrons. The Morgan fingerprint density at radius 1 is 0.786 bits per heavy atom. The summed E-state index contributed by atoms with van der Waals surface area (Å²) in [5, 5.41) is 18.4. The molecule has 0 aromatic rings. The van der Waals surface area contributed by atoms with Gasteiger partial charge in [-0.25, -0.2) is 0 Å². The van der Waals surface area contributed by atoms with E-state index in [9.17, 15) is 10.2 Å². The zero-order chi connectivity index (χ0) is 11.0. The van der Waals surface area contributed by atoms with Gasteiger partial charge >= 0.3 is 0 Å². The van der Waals surface area contributed by atoms with Gasteiger partial charge in [-0.05, 0) is 45.4 Å². The van der Waals surface area contributed by atoms with Crippen LogP contribution in [0.5, 0.6) is 0 Å². The van der Waals surface area contributed by atoms with Crippen LogP contribution in [0.15, 0.2) is 0 Å². The lowest BCUT2D eigenvalue weighted by molar-refractivity contribution is 0.155. The molecule has 0 radical (unpaired) electrons. The molecule has 0 rings (SSSR count). The van der Waals surface area contributed by atoms with Gasteiger partial charge in [0.2, 0.25) is 0 Å². The van der Waals surface area contributed by atoms with Crippen molar-refractivity contribution in [1.29, 1.82) is 0 Å². The number of hydrogen-bond acceptors (Lipinski definition) is 2. The summed E-state index contributed by atoms with van der Waals surface area (Å²) in [7, 11) is 0. The zero-order valence-corrected chi connectivity index (χ0v) is 9.87. The molecule has 2 heteroatoms. The van der Waals surface area contributed by atoms with Crippen LogP contribution in [0.3, 0.4) is 0 Å². The van der Waals surface area contributed by atoms with E-state index in [1.54, 1.807) is 0 Å². The van der Waals surface area contributed by atoms with Crippen LogP contribution in [0.2, 0.25) is 0 Å². The van der Waals surface area contributed by atoms with Crippen molar-refractivity contribution in [2.45, 2.75) is 71.5 Å². The van der Waals surface area contributed by atoms with E-state index in [0.717, 1.165) is 25.7 Å². The van der Waals surface area contributed by atoms with Gasteiger partial charge in [0.1, 0.15) is 0 Å². The van der Waals surface area contributed by atoms with E-state index < -0.39 is 0 Å². The highest BCUT2D eigenvalue weighted by Crippen LogP contribution is 2.21. The highest BCUT2D eigenvalue weighted by Gasteiger charge is 2.10. The van der Waals surface area contributed by atoms with Gasteiger partial charge in [-0.1, -0.05) is 19.8 Å². The minimum absolute atomic E-state index is 0.180. The standard InChI is InChI=1S/C12H26O2/c1-4-5-12(8-6-10(2)13)9-7-11(3)14/h10-14H,4-9H2,1-3H3. The summed E-state index contributed by atoms with van der Waals surface area (Å²) in [6.45, 7) is 5.88. The lowest BCUT2D eigenvalue weighted by Crippen LogP contribution is -2.09. The van der Waals surface area contributed by atoms with Crippen molar-refractivity contribution < 1.29 is 10.2 Å². The molecule has 0 aromatic heterocycles. The Balaban J connectivity index is 3.65. The van der Waals surface area contributed by atoms with Crippen LogP contribution in [0.4, 0.5) is 0 Å². The van der Waals surface area contributed by atoms with Crippen molar-refractivity contribution >= 4 is 0 Å². The highest BCUT2D eigenvalue weighted by molar-refractivity contribution is 4.63. The van der Waals surface area contributed by atoms with E-state index in [1.165, 1.54) is 12.8 Å². The molecule has 2 nitrogen and oxygen atoms in total. The van der Waals surface area contributed by atoms with Crippen LogP contribution in [0.1, 0.15) is 59.3 Å². The van der Waals surface area contributed by atoms with Crippen molar-refractivity contribution in [3.05, 3.63) is 0 Å². The Bertz CT molecular complexity index is 109. The molecule has 0 bridgehead atoms. The van der Waals surface area contributed by atoms with Crippen molar-refractivity contribution in [2.75, 3.05) is 0 Å². The molecule has 2 N–H and O–H groups in total. The lowest BCUT2D eigenvalue weighted by Gasteiger charge is -2.17. The van der Waals surface area contributed by atoms with Crippen LogP contribution in [-0.4, -0.2) is 22.4 Å². The second-order valence-electron chi connectivity index (χ2n) is 4.51. The lowest BCUT2D eigenvalue weighted by atomic mass is 9.91. The smallest absolute Gasteiger partial charge is 0.0512 e. The Kier molecular flexibility index (Phi) is 8.20. The first-order valence-corrected chi connectivity index (χ1v) is 5.92. The third-order valence-electron chi connectivity index (χ3n) is 2.68. The monoisotopic (exact) mass is 202 g/mol. The number of hydrogen-bond donors (Lipinski definition) is 2. The average molecular weight is 202 g/mol. The van der Waals surface area contributed by atoms with Gasteiger partial charge in [-0.3, -0.25) is 0 Å². The summed E-state index contributed by atoms with van der Waals surface area (Å²) in [6.07, 6.45) is 6.04. The van der Waals surface area contributed by atoms with Crippen LogP contribution >= 0.6 is 0 Å². The maximum atomic E-state index is 9.20. The van der Waals surface area contributed by atoms with E-state index in [4.69, 9.17) is 0 Å². The SMILES string of the molecule is CCCC(CCC(C)O)CCC(C)O. The zero-order valence-electron chi connectivity index (χ0n) is 9.87. The second-order valence-corrected chi connectivity index (χ2v) is 4.51. The van der Waals surface area contributed by atoms with Crippen LogP contribution in [0.25, 0.3) is 0 Å². The fourth-order valence-electron chi connectivity index (χ4n) is 1.80. The molecule has 0 spiro atoms. The number of aliphatic hydroxyl groups is 2. The summed E-state index contributed by atoms with van der Waals surface area (Å²) in [4.78, 5) is 0. The molecule has 14 heavy (non-hydrogen) atoms. The molecular formula is C12H26O2. The Labute approximate surface area is 88.3 Å². The summed E-state index contributed by atoms with van der Waals surface area (Å²) in [6, 6.07) is 0. The van der Waals surface area contributed by atoms with E-state index >= 15 is 0 Å². The van der Waals surface area contributed by atoms with E-state index in [1.807, 2.05) is 13.8 Å². The molecule has 0 aliphatic carbocycles. The molecule has 0 saturated heterocycles. The summed E-state index contributed by atoms with van der Waals surface area (Å²) < 4.78 is 0. The van der Waals surface area contributed by atoms with Crippen molar-refractivity contribution in [3.8, 4) is 0 Å². The van der Waals surface area contributed by atoms with Gasteiger partial charge in [-0.2, -0.15) is 0 Å². The largest absolute Gasteiger partial charge is 0.393 e. The molecule has 0 aromatic carbocycles. The second kappa shape index (κ2) is 8.25. The first kappa shape index (κ1) is 13.9. The fourth-order valence-corrected chi connectivity index (χ4v) is 1.80. The average Bonchev–Trinajstić information content (AvgIpc) is 2.09. The molecule has 0 heterocycles. The minimum Gasteiger partial charge on any atom is -0.393 e. The predicted molar refractivity (Wildman–Crippen MR) is 60.2 cm³/mol. The Morgan fingerprint density at radius 2 is 1.21 bits per heavy atom. The highest BCUT2D eigenvalue weighted by atomic mass is 16.3.